The van der Waals surface area contributed by atoms with Crippen molar-refractivity contribution in [1.82, 2.24) is 0 Å². The average molecular weight is 210 g/mol. The summed E-state index contributed by atoms with van der Waals surface area (Å²) in [5, 5.41) is 13.8. The van der Waals surface area contributed by atoms with E-state index in [4.69, 9.17) is 0 Å². The molecule has 1 nitrogen and oxygen atoms in total. The zero-order valence-electron chi connectivity index (χ0n) is 8.70. The van der Waals surface area contributed by atoms with E-state index in [1.165, 1.54) is 18.4 Å². The van der Waals surface area contributed by atoms with Crippen molar-refractivity contribution in [2.75, 3.05) is 6.61 Å². The first kappa shape index (κ1) is 10.2. The maximum absolute atomic E-state index is 9.43. The fourth-order valence-corrected chi connectivity index (χ4v) is 2.76. The van der Waals surface area contributed by atoms with Gasteiger partial charge in [-0.25, -0.2) is 0 Å². The van der Waals surface area contributed by atoms with Crippen LogP contribution in [-0.2, 0) is 6.42 Å². The number of aliphatic hydroxyl groups is 1. The normalized spacial score (nSPS) is 20.7. The van der Waals surface area contributed by atoms with Gasteiger partial charge in [-0.3, -0.25) is 0 Å². The Labute approximate surface area is 89.8 Å². The highest BCUT2D eigenvalue weighted by atomic mass is 32.1. The van der Waals surface area contributed by atoms with E-state index in [1.54, 1.807) is 11.3 Å². The minimum Gasteiger partial charge on any atom is -0.396 e. The first-order valence-corrected chi connectivity index (χ1v) is 6.31. The Morgan fingerprint density at radius 1 is 1.57 bits per heavy atom. The molecule has 1 atom stereocenters. The number of aryl methyl sites for hydroxylation is 1. The summed E-state index contributed by atoms with van der Waals surface area (Å²) in [6, 6.07) is 2.19. The monoisotopic (exact) mass is 210 g/mol. The largest absolute Gasteiger partial charge is 0.396 e. The molecule has 0 bridgehead atoms. The summed E-state index contributed by atoms with van der Waals surface area (Å²) >= 11 is 1.76. The van der Waals surface area contributed by atoms with Crippen LogP contribution in [0.15, 0.2) is 16.8 Å². The topological polar surface area (TPSA) is 20.2 Å². The molecule has 78 valence electrons. The van der Waals surface area contributed by atoms with E-state index in [-0.39, 0.29) is 5.41 Å². The molecule has 1 aliphatic rings. The molecule has 1 unspecified atom stereocenters. The lowest BCUT2D eigenvalue weighted by Crippen LogP contribution is -2.24. The molecule has 0 spiro atoms. The third kappa shape index (κ3) is 2.18. The first-order chi connectivity index (χ1) is 6.74. The Balaban J connectivity index is 1.89. The molecule has 1 fully saturated rings. The Bertz CT molecular complexity index is 277. The summed E-state index contributed by atoms with van der Waals surface area (Å²) < 4.78 is 0. The van der Waals surface area contributed by atoms with Gasteiger partial charge in [-0.15, -0.1) is 0 Å². The molecular weight excluding hydrogens is 192 g/mol. The first-order valence-electron chi connectivity index (χ1n) is 5.36. The van der Waals surface area contributed by atoms with Crippen molar-refractivity contribution >= 4 is 11.3 Å². The number of thiophene rings is 1. The van der Waals surface area contributed by atoms with E-state index in [9.17, 15) is 5.11 Å². The molecule has 1 saturated carbocycles. The molecular formula is C12H18OS. The van der Waals surface area contributed by atoms with Gasteiger partial charge in [-0.1, -0.05) is 6.92 Å². The Hall–Kier alpha value is -0.340. The van der Waals surface area contributed by atoms with E-state index < -0.39 is 0 Å². The smallest absolute Gasteiger partial charge is 0.0487 e. The van der Waals surface area contributed by atoms with Crippen LogP contribution >= 0.6 is 11.3 Å². The second-order valence-electron chi connectivity index (χ2n) is 4.72. The van der Waals surface area contributed by atoms with Crippen molar-refractivity contribution in [1.29, 1.82) is 0 Å². The van der Waals surface area contributed by atoms with Crippen LogP contribution in [0.1, 0.15) is 31.7 Å². The van der Waals surface area contributed by atoms with E-state index >= 15 is 0 Å². The van der Waals surface area contributed by atoms with Crippen LogP contribution in [-0.4, -0.2) is 11.7 Å². The summed E-state index contributed by atoms with van der Waals surface area (Å²) in [5.41, 5.74) is 1.61. The maximum atomic E-state index is 9.43. The van der Waals surface area contributed by atoms with E-state index in [2.05, 4.69) is 23.8 Å². The molecule has 1 aliphatic carbocycles. The Morgan fingerprint density at radius 3 is 2.86 bits per heavy atom. The van der Waals surface area contributed by atoms with Crippen molar-refractivity contribution in [3.63, 3.8) is 0 Å². The number of rotatable bonds is 5. The van der Waals surface area contributed by atoms with Gasteiger partial charge in [-0.2, -0.15) is 11.3 Å². The van der Waals surface area contributed by atoms with Crippen LogP contribution in [0, 0.1) is 11.3 Å². The lowest BCUT2D eigenvalue weighted by Gasteiger charge is -2.26. The highest BCUT2D eigenvalue weighted by Gasteiger charge is 2.40. The molecule has 0 saturated heterocycles. The third-order valence-corrected chi connectivity index (χ3v) is 4.22. The Kier molecular flexibility index (Phi) is 2.93. The van der Waals surface area contributed by atoms with Crippen molar-refractivity contribution < 1.29 is 5.11 Å². The predicted octanol–water partition coefficient (Wildman–Crippen LogP) is 3.09. The molecule has 0 radical (unpaired) electrons. The van der Waals surface area contributed by atoms with Gasteiger partial charge >= 0.3 is 0 Å². The second-order valence-corrected chi connectivity index (χ2v) is 5.50. The van der Waals surface area contributed by atoms with E-state index in [0.717, 1.165) is 18.8 Å². The predicted molar refractivity (Wildman–Crippen MR) is 60.6 cm³/mol. The molecule has 0 aromatic carbocycles. The van der Waals surface area contributed by atoms with Gasteiger partial charge < -0.3 is 5.11 Å². The maximum Gasteiger partial charge on any atom is 0.0487 e. The number of hydrogen-bond acceptors (Lipinski definition) is 2. The molecule has 1 N–H and O–H groups in total. The highest BCUT2D eigenvalue weighted by molar-refractivity contribution is 7.07. The Morgan fingerprint density at radius 2 is 2.36 bits per heavy atom. The molecule has 1 heterocycles. The lowest BCUT2D eigenvalue weighted by molar-refractivity contribution is 0.110. The molecule has 0 aliphatic heterocycles. The highest BCUT2D eigenvalue weighted by Crippen LogP contribution is 2.47. The van der Waals surface area contributed by atoms with Gasteiger partial charge in [0.1, 0.15) is 0 Å². The second kappa shape index (κ2) is 4.03. The van der Waals surface area contributed by atoms with Gasteiger partial charge in [0.2, 0.25) is 0 Å². The number of aliphatic hydroxyl groups excluding tert-OH is 1. The summed E-state index contributed by atoms with van der Waals surface area (Å²) in [4.78, 5) is 0. The van der Waals surface area contributed by atoms with Crippen LogP contribution < -0.4 is 0 Å². The zero-order chi connectivity index (χ0) is 10.0. The summed E-state index contributed by atoms with van der Waals surface area (Å²) in [5.74, 6) is 0.783. The quantitative estimate of drug-likeness (QED) is 0.792. The molecule has 14 heavy (non-hydrogen) atoms. The van der Waals surface area contributed by atoms with Gasteiger partial charge in [0, 0.05) is 6.61 Å². The standard InChI is InChI=1S/C12H18OS/c1-12(9-13,11-2-3-11)6-4-10-5-7-14-8-10/h5,7-8,11,13H,2-4,6,9H2,1H3. The molecule has 1 aromatic rings. The van der Waals surface area contributed by atoms with Crippen LogP contribution in [0.5, 0.6) is 0 Å². The third-order valence-electron chi connectivity index (χ3n) is 3.49. The summed E-state index contributed by atoms with van der Waals surface area (Å²) in [7, 11) is 0. The summed E-state index contributed by atoms with van der Waals surface area (Å²) in [6.07, 6.45) is 4.89. The van der Waals surface area contributed by atoms with Crippen LogP contribution in [0.25, 0.3) is 0 Å². The number of hydrogen-bond donors (Lipinski definition) is 1. The van der Waals surface area contributed by atoms with Gasteiger partial charge in [0.05, 0.1) is 0 Å². The zero-order valence-corrected chi connectivity index (χ0v) is 9.52. The molecule has 1 aromatic heterocycles. The van der Waals surface area contributed by atoms with E-state index in [0.29, 0.717) is 6.61 Å². The fourth-order valence-electron chi connectivity index (χ4n) is 2.06. The van der Waals surface area contributed by atoms with Gasteiger partial charge in [-0.05, 0) is 59.4 Å². The van der Waals surface area contributed by atoms with Crippen molar-refractivity contribution in [3.8, 4) is 0 Å². The van der Waals surface area contributed by atoms with Gasteiger partial charge in [0.15, 0.2) is 0 Å². The van der Waals surface area contributed by atoms with E-state index in [1.807, 2.05) is 0 Å². The average Bonchev–Trinajstić information content (AvgIpc) is 2.94. The van der Waals surface area contributed by atoms with Crippen LogP contribution in [0.4, 0.5) is 0 Å². The van der Waals surface area contributed by atoms with Crippen LogP contribution in [0.3, 0.4) is 0 Å². The summed E-state index contributed by atoms with van der Waals surface area (Å²) in [6.45, 7) is 2.58. The fraction of sp³-hybridized carbons (Fsp3) is 0.667. The lowest BCUT2D eigenvalue weighted by atomic mass is 9.80. The molecule has 0 amide bonds. The van der Waals surface area contributed by atoms with Crippen LogP contribution in [0.2, 0.25) is 0 Å². The van der Waals surface area contributed by atoms with Crippen molar-refractivity contribution in [2.24, 2.45) is 11.3 Å². The van der Waals surface area contributed by atoms with Gasteiger partial charge in [0.25, 0.3) is 0 Å². The SMILES string of the molecule is CC(CO)(CCc1ccsc1)C1CC1. The van der Waals surface area contributed by atoms with Crippen molar-refractivity contribution in [3.05, 3.63) is 22.4 Å². The van der Waals surface area contributed by atoms with Crippen molar-refractivity contribution in [2.45, 2.75) is 32.6 Å². The minimum atomic E-state index is 0.182. The molecule has 2 rings (SSSR count). The molecule has 2 heteroatoms. The minimum absolute atomic E-state index is 0.182.